The van der Waals surface area contributed by atoms with Gasteiger partial charge in [0.15, 0.2) is 0 Å². The second kappa shape index (κ2) is 5.27. The molecular formula is C14H9Br2ClN2. The molecule has 0 saturated heterocycles. The summed E-state index contributed by atoms with van der Waals surface area (Å²) in [6.45, 7) is 0. The number of benzene rings is 2. The van der Waals surface area contributed by atoms with Gasteiger partial charge in [-0.15, -0.1) is 0 Å². The van der Waals surface area contributed by atoms with Gasteiger partial charge in [0, 0.05) is 15.4 Å². The molecule has 0 spiro atoms. The lowest BCUT2D eigenvalue weighted by Gasteiger charge is -1.97. The van der Waals surface area contributed by atoms with E-state index in [2.05, 4.69) is 54.0 Å². The molecule has 0 amide bonds. The average molecular weight is 401 g/mol. The Kier molecular flexibility index (Phi) is 3.65. The maximum Gasteiger partial charge on any atom is 0.111 e. The largest absolute Gasteiger partial charge is 0.342 e. The summed E-state index contributed by atoms with van der Waals surface area (Å²) in [4.78, 5) is 7.85. The van der Waals surface area contributed by atoms with Crippen LogP contribution in [0, 0.1) is 0 Å². The van der Waals surface area contributed by atoms with Crippen molar-refractivity contribution in [3.63, 3.8) is 0 Å². The number of imidazole rings is 1. The van der Waals surface area contributed by atoms with E-state index in [1.807, 2.05) is 24.3 Å². The minimum absolute atomic E-state index is 0.655. The normalized spacial score (nSPS) is 11.1. The van der Waals surface area contributed by atoms with Crippen molar-refractivity contribution in [1.82, 2.24) is 9.97 Å². The average Bonchev–Trinajstić information content (AvgIpc) is 2.75. The first-order chi connectivity index (χ1) is 9.11. The maximum absolute atomic E-state index is 6.18. The first-order valence-electron chi connectivity index (χ1n) is 5.70. The number of aromatic amines is 1. The summed E-state index contributed by atoms with van der Waals surface area (Å²) in [5, 5.41) is 0.655. The number of H-pyrrole nitrogens is 1. The number of aromatic nitrogens is 2. The third-order valence-electron chi connectivity index (χ3n) is 2.84. The van der Waals surface area contributed by atoms with Crippen LogP contribution in [-0.4, -0.2) is 9.97 Å². The number of nitrogens with zero attached hydrogens (tertiary/aromatic N) is 1. The van der Waals surface area contributed by atoms with E-state index in [0.717, 1.165) is 32.2 Å². The van der Waals surface area contributed by atoms with Gasteiger partial charge in [0.05, 0.1) is 10.5 Å². The van der Waals surface area contributed by atoms with Crippen molar-refractivity contribution < 1.29 is 0 Å². The summed E-state index contributed by atoms with van der Waals surface area (Å²) >= 11 is 13.0. The van der Waals surface area contributed by atoms with Crippen LogP contribution in [0.2, 0.25) is 5.02 Å². The van der Waals surface area contributed by atoms with Gasteiger partial charge in [-0.05, 0) is 29.8 Å². The van der Waals surface area contributed by atoms with E-state index in [9.17, 15) is 0 Å². The molecule has 19 heavy (non-hydrogen) atoms. The SMILES string of the molecule is Clc1cc(Br)cc2[nH]c(Cc3ccc(Br)cc3)nc12. The molecule has 1 aromatic heterocycles. The lowest BCUT2D eigenvalue weighted by atomic mass is 10.1. The minimum atomic E-state index is 0.655. The van der Waals surface area contributed by atoms with Crippen molar-refractivity contribution in [2.45, 2.75) is 6.42 Å². The third kappa shape index (κ3) is 2.86. The van der Waals surface area contributed by atoms with Crippen molar-refractivity contribution >= 4 is 54.5 Å². The number of hydrogen-bond donors (Lipinski definition) is 1. The molecule has 0 fully saturated rings. The Morgan fingerprint density at radius 1 is 1.05 bits per heavy atom. The number of nitrogens with one attached hydrogen (secondary N) is 1. The lowest BCUT2D eigenvalue weighted by Crippen LogP contribution is -1.89. The quantitative estimate of drug-likeness (QED) is 0.619. The Hall–Kier alpha value is -0.840. The van der Waals surface area contributed by atoms with Crippen LogP contribution < -0.4 is 0 Å². The molecular weight excluding hydrogens is 391 g/mol. The summed E-state index contributed by atoms with van der Waals surface area (Å²) < 4.78 is 2.02. The van der Waals surface area contributed by atoms with E-state index in [4.69, 9.17) is 11.6 Å². The minimum Gasteiger partial charge on any atom is -0.342 e. The molecule has 0 aliphatic heterocycles. The molecule has 2 aromatic carbocycles. The first kappa shape index (κ1) is 13.2. The van der Waals surface area contributed by atoms with Crippen LogP contribution in [0.1, 0.15) is 11.4 Å². The molecule has 96 valence electrons. The zero-order valence-electron chi connectivity index (χ0n) is 9.75. The standard InChI is InChI=1S/C14H9Br2ClN2/c15-9-3-1-8(2-4-9)5-13-18-12-7-10(16)6-11(17)14(12)19-13/h1-4,6-7H,5H2,(H,18,19). The van der Waals surface area contributed by atoms with Gasteiger partial charge in [0.25, 0.3) is 0 Å². The van der Waals surface area contributed by atoms with Crippen molar-refractivity contribution in [3.05, 3.63) is 61.8 Å². The summed E-state index contributed by atoms with van der Waals surface area (Å²) in [5.74, 6) is 0.914. The highest BCUT2D eigenvalue weighted by Crippen LogP contribution is 2.27. The van der Waals surface area contributed by atoms with E-state index in [-0.39, 0.29) is 0 Å². The molecule has 0 aliphatic rings. The van der Waals surface area contributed by atoms with Gasteiger partial charge in [-0.1, -0.05) is 55.6 Å². The second-order valence-corrected chi connectivity index (χ2v) is 6.51. The molecule has 0 radical (unpaired) electrons. The molecule has 3 rings (SSSR count). The smallest absolute Gasteiger partial charge is 0.111 e. The predicted molar refractivity (Wildman–Crippen MR) is 85.8 cm³/mol. The Morgan fingerprint density at radius 2 is 1.79 bits per heavy atom. The molecule has 0 unspecified atom stereocenters. The van der Waals surface area contributed by atoms with Crippen LogP contribution in [-0.2, 0) is 6.42 Å². The number of hydrogen-bond acceptors (Lipinski definition) is 1. The van der Waals surface area contributed by atoms with Gasteiger partial charge in [-0.25, -0.2) is 4.98 Å². The number of fused-ring (bicyclic) bond motifs is 1. The molecule has 0 aliphatic carbocycles. The Morgan fingerprint density at radius 3 is 2.53 bits per heavy atom. The molecule has 0 bridgehead atoms. The molecule has 5 heteroatoms. The Bertz CT molecular complexity index is 735. The monoisotopic (exact) mass is 398 g/mol. The molecule has 0 atom stereocenters. The van der Waals surface area contributed by atoms with Crippen LogP contribution in [0.4, 0.5) is 0 Å². The summed E-state index contributed by atoms with van der Waals surface area (Å²) in [6, 6.07) is 12.1. The second-order valence-electron chi connectivity index (χ2n) is 4.27. The summed E-state index contributed by atoms with van der Waals surface area (Å²) in [6.07, 6.45) is 0.760. The highest BCUT2D eigenvalue weighted by molar-refractivity contribution is 9.10. The Labute approximate surface area is 132 Å². The van der Waals surface area contributed by atoms with Crippen molar-refractivity contribution in [2.24, 2.45) is 0 Å². The molecule has 3 aromatic rings. The van der Waals surface area contributed by atoms with Gasteiger partial charge in [0.1, 0.15) is 11.3 Å². The highest BCUT2D eigenvalue weighted by atomic mass is 79.9. The van der Waals surface area contributed by atoms with Gasteiger partial charge in [0.2, 0.25) is 0 Å². The third-order valence-corrected chi connectivity index (χ3v) is 4.11. The van der Waals surface area contributed by atoms with Crippen LogP contribution in [0.15, 0.2) is 45.3 Å². The zero-order chi connectivity index (χ0) is 13.4. The van der Waals surface area contributed by atoms with Crippen molar-refractivity contribution in [1.29, 1.82) is 0 Å². The molecule has 0 saturated carbocycles. The lowest BCUT2D eigenvalue weighted by molar-refractivity contribution is 1.04. The first-order valence-corrected chi connectivity index (χ1v) is 7.66. The van der Waals surface area contributed by atoms with Gasteiger partial charge in [-0.2, -0.15) is 0 Å². The molecule has 1 N–H and O–H groups in total. The fourth-order valence-electron chi connectivity index (χ4n) is 1.97. The van der Waals surface area contributed by atoms with E-state index in [1.165, 1.54) is 5.56 Å². The van der Waals surface area contributed by atoms with E-state index < -0.39 is 0 Å². The Balaban J connectivity index is 1.97. The predicted octanol–water partition coefficient (Wildman–Crippen LogP) is 5.33. The van der Waals surface area contributed by atoms with E-state index in [0.29, 0.717) is 5.02 Å². The van der Waals surface area contributed by atoms with E-state index in [1.54, 1.807) is 0 Å². The molecule has 2 nitrogen and oxygen atoms in total. The van der Waals surface area contributed by atoms with Crippen molar-refractivity contribution in [3.8, 4) is 0 Å². The van der Waals surface area contributed by atoms with E-state index >= 15 is 0 Å². The van der Waals surface area contributed by atoms with Crippen LogP contribution in [0.3, 0.4) is 0 Å². The van der Waals surface area contributed by atoms with Crippen LogP contribution >= 0.6 is 43.5 Å². The molecule has 1 heterocycles. The van der Waals surface area contributed by atoms with Gasteiger partial charge in [-0.3, -0.25) is 0 Å². The summed E-state index contributed by atoms with van der Waals surface area (Å²) in [5.41, 5.74) is 2.97. The topological polar surface area (TPSA) is 28.7 Å². The fourth-order valence-corrected chi connectivity index (χ4v) is 3.09. The van der Waals surface area contributed by atoms with Crippen LogP contribution in [0.5, 0.6) is 0 Å². The fraction of sp³-hybridized carbons (Fsp3) is 0.0714. The van der Waals surface area contributed by atoms with Crippen molar-refractivity contribution in [2.75, 3.05) is 0 Å². The highest BCUT2D eigenvalue weighted by Gasteiger charge is 2.08. The van der Waals surface area contributed by atoms with Gasteiger partial charge >= 0.3 is 0 Å². The van der Waals surface area contributed by atoms with Gasteiger partial charge < -0.3 is 4.98 Å². The zero-order valence-corrected chi connectivity index (χ0v) is 13.7. The van der Waals surface area contributed by atoms with Crippen LogP contribution in [0.25, 0.3) is 11.0 Å². The number of halogens is 3. The number of rotatable bonds is 2. The summed E-state index contributed by atoms with van der Waals surface area (Å²) in [7, 11) is 0. The maximum atomic E-state index is 6.18.